The molecule has 3 rings (SSSR count). The monoisotopic (exact) mass is 326 g/mol. The van der Waals surface area contributed by atoms with E-state index in [1.807, 2.05) is 35.7 Å². The van der Waals surface area contributed by atoms with Crippen molar-refractivity contribution in [2.45, 2.75) is 12.8 Å². The van der Waals surface area contributed by atoms with Crippen molar-refractivity contribution in [2.24, 2.45) is 0 Å². The summed E-state index contributed by atoms with van der Waals surface area (Å²) in [4.78, 5) is 16.3. The van der Waals surface area contributed by atoms with Crippen molar-refractivity contribution in [3.8, 4) is 11.3 Å². The minimum Gasteiger partial charge on any atom is -0.302 e. The van der Waals surface area contributed by atoms with Gasteiger partial charge in [-0.05, 0) is 24.1 Å². The van der Waals surface area contributed by atoms with Gasteiger partial charge in [-0.1, -0.05) is 42.5 Å². The van der Waals surface area contributed by atoms with Gasteiger partial charge in [-0.2, -0.15) is 0 Å². The number of thiazole rings is 1. The van der Waals surface area contributed by atoms with Crippen LogP contribution in [-0.2, 0) is 11.2 Å². The Bertz CT molecular complexity index is 802. The van der Waals surface area contributed by atoms with Gasteiger partial charge in [-0.25, -0.2) is 9.37 Å². The van der Waals surface area contributed by atoms with E-state index in [2.05, 4.69) is 10.3 Å². The van der Waals surface area contributed by atoms with Crippen LogP contribution in [0.3, 0.4) is 0 Å². The molecule has 0 saturated carbocycles. The molecule has 1 N–H and O–H groups in total. The Balaban J connectivity index is 1.59. The second-order valence-corrected chi connectivity index (χ2v) is 5.94. The number of halogens is 1. The lowest BCUT2D eigenvalue weighted by atomic mass is 10.1. The molecule has 0 unspecified atom stereocenters. The summed E-state index contributed by atoms with van der Waals surface area (Å²) < 4.78 is 13.2. The van der Waals surface area contributed by atoms with E-state index in [4.69, 9.17) is 0 Å². The highest BCUT2D eigenvalue weighted by molar-refractivity contribution is 7.14. The number of aromatic nitrogens is 1. The second-order valence-electron chi connectivity index (χ2n) is 5.08. The van der Waals surface area contributed by atoms with Crippen LogP contribution in [0.15, 0.2) is 60.0 Å². The third-order valence-corrected chi connectivity index (χ3v) is 4.11. The first-order valence-corrected chi connectivity index (χ1v) is 8.14. The maximum Gasteiger partial charge on any atom is 0.226 e. The van der Waals surface area contributed by atoms with E-state index >= 15 is 0 Å². The molecule has 1 aromatic heterocycles. The number of amides is 1. The molecule has 0 aliphatic rings. The van der Waals surface area contributed by atoms with Crippen LogP contribution < -0.4 is 5.32 Å². The van der Waals surface area contributed by atoms with Gasteiger partial charge in [0.1, 0.15) is 5.82 Å². The third-order valence-electron chi connectivity index (χ3n) is 3.35. The number of anilines is 1. The summed E-state index contributed by atoms with van der Waals surface area (Å²) in [7, 11) is 0. The fourth-order valence-electron chi connectivity index (χ4n) is 2.20. The molecule has 0 fully saturated rings. The molecule has 0 radical (unpaired) electrons. The number of benzene rings is 2. The highest BCUT2D eigenvalue weighted by atomic mass is 32.1. The van der Waals surface area contributed by atoms with Crippen molar-refractivity contribution in [2.75, 3.05) is 5.32 Å². The van der Waals surface area contributed by atoms with Crippen molar-refractivity contribution in [3.63, 3.8) is 0 Å². The Morgan fingerprint density at radius 2 is 1.96 bits per heavy atom. The molecule has 0 spiro atoms. The zero-order valence-electron chi connectivity index (χ0n) is 12.3. The first-order chi connectivity index (χ1) is 11.2. The lowest BCUT2D eigenvalue weighted by Crippen LogP contribution is -2.12. The van der Waals surface area contributed by atoms with E-state index in [1.54, 1.807) is 12.1 Å². The normalized spacial score (nSPS) is 10.5. The Morgan fingerprint density at radius 1 is 1.13 bits per heavy atom. The number of carbonyl (C=O) groups excluding carboxylic acids is 1. The molecule has 0 bridgehead atoms. The molecular weight excluding hydrogens is 311 g/mol. The van der Waals surface area contributed by atoms with E-state index in [0.717, 1.165) is 5.56 Å². The molecular formula is C18H15FN2OS. The number of rotatable bonds is 5. The summed E-state index contributed by atoms with van der Waals surface area (Å²) in [6.45, 7) is 0. The van der Waals surface area contributed by atoms with Gasteiger partial charge < -0.3 is 5.32 Å². The minimum atomic E-state index is -0.302. The number of nitrogens with one attached hydrogen (secondary N) is 1. The Labute approximate surface area is 137 Å². The molecule has 3 aromatic rings. The van der Waals surface area contributed by atoms with Gasteiger partial charge >= 0.3 is 0 Å². The van der Waals surface area contributed by atoms with Crippen molar-refractivity contribution >= 4 is 22.4 Å². The van der Waals surface area contributed by atoms with E-state index in [-0.39, 0.29) is 11.7 Å². The van der Waals surface area contributed by atoms with Crippen LogP contribution in [0, 0.1) is 5.82 Å². The number of hydrogen-bond acceptors (Lipinski definition) is 3. The first kappa shape index (κ1) is 15.4. The topological polar surface area (TPSA) is 42.0 Å². The zero-order chi connectivity index (χ0) is 16.1. The SMILES string of the molecule is O=C(CCc1ccccc1)Nc1nc(-c2cccc(F)c2)cs1. The van der Waals surface area contributed by atoms with Gasteiger partial charge in [0.2, 0.25) is 5.91 Å². The van der Waals surface area contributed by atoms with Gasteiger partial charge in [0.15, 0.2) is 5.13 Å². The summed E-state index contributed by atoms with van der Waals surface area (Å²) in [5.41, 5.74) is 2.49. The molecule has 0 aliphatic heterocycles. The molecule has 23 heavy (non-hydrogen) atoms. The van der Waals surface area contributed by atoms with Crippen LogP contribution in [0.25, 0.3) is 11.3 Å². The average Bonchev–Trinajstić information content (AvgIpc) is 3.02. The van der Waals surface area contributed by atoms with Crippen molar-refractivity contribution in [1.82, 2.24) is 4.98 Å². The van der Waals surface area contributed by atoms with Crippen molar-refractivity contribution in [1.29, 1.82) is 0 Å². The standard InChI is InChI=1S/C18H15FN2OS/c19-15-8-4-7-14(11-15)16-12-23-18(20-16)21-17(22)10-9-13-5-2-1-3-6-13/h1-8,11-12H,9-10H2,(H,20,21,22). The maximum absolute atomic E-state index is 13.2. The first-order valence-electron chi connectivity index (χ1n) is 7.26. The van der Waals surface area contributed by atoms with E-state index < -0.39 is 0 Å². The van der Waals surface area contributed by atoms with Crippen LogP contribution in [0.2, 0.25) is 0 Å². The van der Waals surface area contributed by atoms with E-state index in [9.17, 15) is 9.18 Å². The maximum atomic E-state index is 13.2. The van der Waals surface area contributed by atoms with Gasteiger partial charge in [-0.15, -0.1) is 11.3 Å². The molecule has 0 atom stereocenters. The molecule has 0 aliphatic carbocycles. The van der Waals surface area contributed by atoms with Crippen LogP contribution >= 0.6 is 11.3 Å². The van der Waals surface area contributed by atoms with E-state index in [1.165, 1.54) is 23.5 Å². The molecule has 0 saturated heterocycles. The summed E-state index contributed by atoms with van der Waals surface area (Å²) in [5.74, 6) is -0.377. The van der Waals surface area contributed by atoms with Crippen molar-refractivity contribution < 1.29 is 9.18 Å². The van der Waals surface area contributed by atoms with Crippen LogP contribution in [-0.4, -0.2) is 10.9 Å². The molecule has 2 aromatic carbocycles. The van der Waals surface area contributed by atoms with Crippen molar-refractivity contribution in [3.05, 3.63) is 71.4 Å². The minimum absolute atomic E-state index is 0.0750. The smallest absolute Gasteiger partial charge is 0.226 e. The van der Waals surface area contributed by atoms with Gasteiger partial charge in [0.25, 0.3) is 0 Å². The Hall–Kier alpha value is -2.53. The van der Waals surface area contributed by atoms with Gasteiger partial charge in [-0.3, -0.25) is 4.79 Å². The number of aryl methyl sites for hydroxylation is 1. The highest BCUT2D eigenvalue weighted by Crippen LogP contribution is 2.25. The fourth-order valence-corrected chi connectivity index (χ4v) is 2.93. The molecule has 1 amide bonds. The van der Waals surface area contributed by atoms with Gasteiger partial charge in [0, 0.05) is 17.4 Å². The fraction of sp³-hybridized carbons (Fsp3) is 0.111. The predicted octanol–water partition coefficient (Wildman–Crippen LogP) is 4.52. The molecule has 1 heterocycles. The molecule has 116 valence electrons. The Kier molecular flexibility index (Phi) is 4.78. The third kappa shape index (κ3) is 4.23. The van der Waals surface area contributed by atoms with Crippen LogP contribution in [0.1, 0.15) is 12.0 Å². The predicted molar refractivity (Wildman–Crippen MR) is 90.9 cm³/mol. The van der Waals surface area contributed by atoms with Gasteiger partial charge in [0.05, 0.1) is 5.69 Å². The summed E-state index contributed by atoms with van der Waals surface area (Å²) >= 11 is 1.33. The van der Waals surface area contributed by atoms with Crippen LogP contribution in [0.4, 0.5) is 9.52 Å². The quantitative estimate of drug-likeness (QED) is 0.749. The molecule has 5 heteroatoms. The number of hydrogen-bond donors (Lipinski definition) is 1. The number of nitrogens with zero attached hydrogens (tertiary/aromatic N) is 1. The summed E-state index contributed by atoms with van der Waals surface area (Å²) in [5, 5.41) is 5.13. The molecule has 3 nitrogen and oxygen atoms in total. The highest BCUT2D eigenvalue weighted by Gasteiger charge is 2.08. The second kappa shape index (κ2) is 7.15. The largest absolute Gasteiger partial charge is 0.302 e. The average molecular weight is 326 g/mol. The van der Waals surface area contributed by atoms with Crippen LogP contribution in [0.5, 0.6) is 0 Å². The lowest BCUT2D eigenvalue weighted by molar-refractivity contribution is -0.116. The summed E-state index contributed by atoms with van der Waals surface area (Å²) in [6.07, 6.45) is 1.09. The Morgan fingerprint density at radius 3 is 2.74 bits per heavy atom. The van der Waals surface area contributed by atoms with E-state index in [0.29, 0.717) is 29.2 Å². The zero-order valence-corrected chi connectivity index (χ0v) is 13.1. The number of carbonyl (C=O) groups is 1. The lowest BCUT2D eigenvalue weighted by Gasteiger charge is -2.02. The summed E-state index contributed by atoms with van der Waals surface area (Å²) in [6, 6.07) is 16.1.